The number of carbonyl (C=O) groups excluding carboxylic acids is 1. The molecule has 0 radical (unpaired) electrons. The van der Waals surface area contributed by atoms with Gasteiger partial charge in [-0.05, 0) is 30.5 Å². The number of benzene rings is 2. The molecule has 0 N–H and O–H groups in total. The molecule has 0 heterocycles. The number of rotatable bonds is 9. The van der Waals surface area contributed by atoms with Crippen molar-refractivity contribution in [1.29, 1.82) is 0 Å². The van der Waals surface area contributed by atoms with Gasteiger partial charge in [-0.1, -0.05) is 86.1 Å². The van der Waals surface area contributed by atoms with Gasteiger partial charge in [0.1, 0.15) is 0 Å². The number of unbranched alkanes of at least 4 members (excludes halogenated alkanes) is 2. The van der Waals surface area contributed by atoms with Gasteiger partial charge in [0.15, 0.2) is 5.78 Å². The van der Waals surface area contributed by atoms with Crippen LogP contribution in [0.4, 0.5) is 0 Å². The quantitative estimate of drug-likeness (QED) is 0.317. The second-order valence-corrected chi connectivity index (χ2v) is 6.65. The van der Waals surface area contributed by atoms with Crippen LogP contribution in [0.15, 0.2) is 76.5 Å². The van der Waals surface area contributed by atoms with E-state index in [0.717, 1.165) is 35.5 Å². The lowest BCUT2D eigenvalue weighted by Gasteiger charge is -2.07. The van der Waals surface area contributed by atoms with Gasteiger partial charge in [0.25, 0.3) is 0 Å². The van der Waals surface area contributed by atoms with Crippen molar-refractivity contribution in [2.45, 2.75) is 43.9 Å². The van der Waals surface area contributed by atoms with Gasteiger partial charge in [0.2, 0.25) is 0 Å². The van der Waals surface area contributed by atoms with Crippen molar-refractivity contribution >= 4 is 17.5 Å². The number of hydrogen-bond acceptors (Lipinski definition) is 2. The van der Waals surface area contributed by atoms with Crippen molar-refractivity contribution < 1.29 is 4.79 Å². The highest BCUT2D eigenvalue weighted by molar-refractivity contribution is 8.04. The molecule has 0 spiro atoms. The molecule has 0 atom stereocenters. The van der Waals surface area contributed by atoms with Crippen LogP contribution in [0.3, 0.4) is 0 Å². The van der Waals surface area contributed by atoms with Gasteiger partial charge in [-0.3, -0.25) is 4.79 Å². The Bertz CT molecular complexity index is 617. The second kappa shape index (κ2) is 10.1. The molecule has 0 unspecified atom stereocenters. The van der Waals surface area contributed by atoms with Gasteiger partial charge < -0.3 is 0 Å². The van der Waals surface area contributed by atoms with Crippen LogP contribution in [0.1, 0.15) is 38.2 Å². The topological polar surface area (TPSA) is 17.1 Å². The smallest absolute Gasteiger partial charge is 0.169 e. The van der Waals surface area contributed by atoms with Crippen molar-refractivity contribution in [3.8, 4) is 0 Å². The van der Waals surface area contributed by atoms with Crippen LogP contribution in [0.2, 0.25) is 0 Å². The van der Waals surface area contributed by atoms with Crippen molar-refractivity contribution in [1.82, 2.24) is 0 Å². The lowest BCUT2D eigenvalue weighted by Crippen LogP contribution is -2.02. The van der Waals surface area contributed by atoms with Gasteiger partial charge in [-0.15, -0.1) is 0 Å². The number of carbonyl (C=O) groups is 1. The summed E-state index contributed by atoms with van der Waals surface area (Å²) in [7, 11) is 0. The third-order valence-corrected chi connectivity index (χ3v) is 4.74. The molecule has 120 valence electrons. The molecule has 2 rings (SSSR count). The highest BCUT2D eigenvalue weighted by Gasteiger charge is 2.11. The van der Waals surface area contributed by atoms with E-state index in [9.17, 15) is 4.79 Å². The number of aryl methyl sites for hydroxylation is 1. The maximum atomic E-state index is 12.6. The lowest BCUT2D eigenvalue weighted by atomic mass is 10.1. The monoisotopic (exact) mass is 324 g/mol. The van der Waals surface area contributed by atoms with E-state index in [1.807, 2.05) is 36.4 Å². The molecule has 2 aromatic rings. The zero-order chi connectivity index (χ0) is 16.3. The number of hydrogen-bond donors (Lipinski definition) is 0. The Hall–Kier alpha value is -1.80. The Balaban J connectivity index is 2.00. The minimum Gasteiger partial charge on any atom is -0.294 e. The molecule has 0 fully saturated rings. The highest BCUT2D eigenvalue weighted by Crippen LogP contribution is 2.28. The predicted octanol–water partition coefficient (Wildman–Crippen LogP) is 6.05. The Kier molecular flexibility index (Phi) is 7.68. The van der Waals surface area contributed by atoms with Crippen molar-refractivity contribution in [3.63, 3.8) is 0 Å². The molecule has 0 aliphatic carbocycles. The van der Waals surface area contributed by atoms with E-state index in [2.05, 4.69) is 37.3 Å². The van der Waals surface area contributed by atoms with E-state index in [4.69, 9.17) is 0 Å². The first-order valence-electron chi connectivity index (χ1n) is 8.29. The zero-order valence-electron chi connectivity index (χ0n) is 13.7. The first-order chi connectivity index (χ1) is 11.3. The fourth-order valence-electron chi connectivity index (χ4n) is 2.29. The predicted molar refractivity (Wildman–Crippen MR) is 99.7 cm³/mol. The van der Waals surface area contributed by atoms with Gasteiger partial charge in [0, 0.05) is 11.3 Å². The van der Waals surface area contributed by atoms with E-state index in [1.54, 1.807) is 11.8 Å². The molecule has 0 bridgehead atoms. The summed E-state index contributed by atoms with van der Waals surface area (Å²) in [6.45, 7) is 2.18. The van der Waals surface area contributed by atoms with Crippen LogP contribution >= 0.6 is 11.8 Å². The summed E-state index contributed by atoms with van der Waals surface area (Å²) in [6.07, 6.45) is 6.75. The zero-order valence-corrected chi connectivity index (χ0v) is 14.5. The fraction of sp³-hybridized carbons (Fsp3) is 0.286. The molecule has 0 saturated carbocycles. The van der Waals surface area contributed by atoms with Gasteiger partial charge >= 0.3 is 0 Å². The Morgan fingerprint density at radius 1 is 1.00 bits per heavy atom. The average Bonchev–Trinajstić information content (AvgIpc) is 2.61. The van der Waals surface area contributed by atoms with Crippen molar-refractivity contribution in [2.75, 3.05) is 0 Å². The molecule has 0 aliphatic rings. The normalized spacial score (nSPS) is 11.4. The van der Waals surface area contributed by atoms with Crippen LogP contribution in [-0.2, 0) is 11.2 Å². The molecule has 0 saturated heterocycles. The van der Waals surface area contributed by atoms with E-state index in [-0.39, 0.29) is 5.78 Å². The SMILES string of the molecule is CCCC/C=C(\Sc1ccccc1)C(=O)CCc1ccccc1. The van der Waals surface area contributed by atoms with Gasteiger partial charge in [-0.25, -0.2) is 0 Å². The van der Waals surface area contributed by atoms with Crippen molar-refractivity contribution in [3.05, 3.63) is 77.2 Å². The third kappa shape index (κ3) is 6.45. The summed E-state index contributed by atoms with van der Waals surface area (Å²) in [6, 6.07) is 20.4. The summed E-state index contributed by atoms with van der Waals surface area (Å²) in [5.41, 5.74) is 1.22. The summed E-state index contributed by atoms with van der Waals surface area (Å²) in [5.74, 6) is 0.249. The maximum absolute atomic E-state index is 12.6. The molecule has 0 amide bonds. The summed E-state index contributed by atoms with van der Waals surface area (Å²) < 4.78 is 0. The first kappa shape index (κ1) is 17.6. The number of thioether (sulfide) groups is 1. The van der Waals surface area contributed by atoms with Gasteiger partial charge in [0.05, 0.1) is 4.91 Å². The molecule has 0 aromatic heterocycles. The van der Waals surface area contributed by atoms with E-state index in [0.29, 0.717) is 6.42 Å². The van der Waals surface area contributed by atoms with Crippen LogP contribution in [0.5, 0.6) is 0 Å². The van der Waals surface area contributed by atoms with Crippen LogP contribution < -0.4 is 0 Å². The standard InChI is InChI=1S/C21H24OS/c1-2-3-6-15-21(23-19-13-9-5-10-14-19)20(22)17-16-18-11-7-4-8-12-18/h4-5,7-15H,2-3,6,16-17H2,1H3/b21-15-. The minimum absolute atomic E-state index is 0.249. The van der Waals surface area contributed by atoms with Crippen LogP contribution in [-0.4, -0.2) is 5.78 Å². The molecular weight excluding hydrogens is 300 g/mol. The summed E-state index contributed by atoms with van der Waals surface area (Å²) in [4.78, 5) is 14.6. The Morgan fingerprint density at radius 2 is 1.65 bits per heavy atom. The molecule has 23 heavy (non-hydrogen) atoms. The van der Waals surface area contributed by atoms with Crippen molar-refractivity contribution in [2.24, 2.45) is 0 Å². The van der Waals surface area contributed by atoms with E-state index >= 15 is 0 Å². The third-order valence-electron chi connectivity index (χ3n) is 3.62. The van der Waals surface area contributed by atoms with E-state index < -0.39 is 0 Å². The first-order valence-corrected chi connectivity index (χ1v) is 9.11. The molecular formula is C21H24OS. The van der Waals surface area contributed by atoms with E-state index in [1.165, 1.54) is 5.56 Å². The summed E-state index contributed by atoms with van der Waals surface area (Å²) >= 11 is 1.59. The Labute approximate surface area is 143 Å². The molecule has 2 aromatic carbocycles. The number of Topliss-reactive ketones (excluding diaryl/α,β-unsaturated/α-hetero) is 1. The lowest BCUT2D eigenvalue weighted by molar-refractivity contribution is -0.114. The second-order valence-electron chi connectivity index (χ2n) is 5.53. The van der Waals surface area contributed by atoms with Crippen LogP contribution in [0, 0.1) is 0 Å². The molecule has 1 nitrogen and oxygen atoms in total. The highest BCUT2D eigenvalue weighted by atomic mass is 32.2. The number of allylic oxidation sites excluding steroid dienone is 2. The molecule has 2 heteroatoms. The fourth-order valence-corrected chi connectivity index (χ4v) is 3.26. The van der Waals surface area contributed by atoms with Crippen LogP contribution in [0.25, 0.3) is 0 Å². The minimum atomic E-state index is 0.249. The number of ketones is 1. The molecule has 0 aliphatic heterocycles. The average molecular weight is 324 g/mol. The largest absolute Gasteiger partial charge is 0.294 e. The summed E-state index contributed by atoms with van der Waals surface area (Å²) in [5, 5.41) is 0. The maximum Gasteiger partial charge on any atom is 0.169 e. The van der Waals surface area contributed by atoms with Gasteiger partial charge in [-0.2, -0.15) is 0 Å². The Morgan fingerprint density at radius 3 is 2.30 bits per heavy atom.